The minimum absolute atomic E-state index is 0.0383. The Morgan fingerprint density at radius 3 is 1.85 bits per heavy atom. The topological polar surface area (TPSA) is 123 Å². The number of hydrogen-bond donors (Lipinski definition) is 3. The largest absolute Gasteiger partial charge is 0.508 e. The van der Waals surface area contributed by atoms with Crippen molar-refractivity contribution in [2.45, 2.75) is 19.4 Å². The highest BCUT2D eigenvalue weighted by Gasteiger charge is 2.14. The lowest BCUT2D eigenvalue weighted by Crippen LogP contribution is -2.09. The van der Waals surface area contributed by atoms with Crippen molar-refractivity contribution in [1.82, 2.24) is 0 Å². The normalized spacial score (nSPS) is 10.8. The Kier molecular flexibility index (Phi) is 8.61. The van der Waals surface area contributed by atoms with Gasteiger partial charge in [0, 0.05) is 24.6 Å². The van der Waals surface area contributed by atoms with Gasteiger partial charge in [-0.2, -0.15) is 0 Å². The number of phenols is 1. The predicted octanol–water partition coefficient (Wildman–Crippen LogP) is 2.53. The van der Waals surface area contributed by atoms with E-state index in [1.807, 2.05) is 0 Å². The second-order valence-corrected chi connectivity index (χ2v) is 5.21. The number of carbonyl (C=O) groups excluding carboxylic acids is 1. The Labute approximate surface area is 156 Å². The second kappa shape index (κ2) is 10.7. The molecule has 2 rings (SSSR count). The van der Waals surface area contributed by atoms with Gasteiger partial charge in [-0.25, -0.2) is 4.79 Å². The first-order chi connectivity index (χ1) is 12.8. The number of carboxylic acid groups (broad SMARTS) is 1. The molecule has 0 fully saturated rings. The van der Waals surface area contributed by atoms with E-state index < -0.39 is 12.1 Å². The highest BCUT2D eigenvalue weighted by Crippen LogP contribution is 2.27. The summed E-state index contributed by atoms with van der Waals surface area (Å²) in [6.45, 7) is 1.74. The number of hydrogen-bond acceptors (Lipinski definition) is 7. The van der Waals surface area contributed by atoms with Gasteiger partial charge in [0.2, 0.25) is 0 Å². The van der Waals surface area contributed by atoms with E-state index in [0.29, 0.717) is 23.7 Å². The molecule has 0 aliphatic carbocycles. The average molecular weight is 378 g/mol. The van der Waals surface area contributed by atoms with Crippen LogP contribution in [0, 0.1) is 0 Å². The minimum atomic E-state index is -1.52. The highest BCUT2D eigenvalue weighted by molar-refractivity contribution is 5.74. The number of aliphatic hydroxyl groups is 1. The van der Waals surface area contributed by atoms with Gasteiger partial charge in [0.05, 0.1) is 14.2 Å². The third-order valence-electron chi connectivity index (χ3n) is 3.29. The second-order valence-electron chi connectivity index (χ2n) is 5.21. The van der Waals surface area contributed by atoms with E-state index in [2.05, 4.69) is 0 Å². The lowest BCUT2D eigenvalue weighted by Gasteiger charge is -2.08. The number of rotatable bonds is 6. The molecule has 2 aromatic rings. The molecule has 8 nitrogen and oxygen atoms in total. The van der Waals surface area contributed by atoms with Crippen LogP contribution in [0.5, 0.6) is 23.0 Å². The molecule has 1 atom stereocenters. The number of aliphatic carboxylic acids is 1. The van der Waals surface area contributed by atoms with Gasteiger partial charge in [0.1, 0.15) is 23.0 Å². The van der Waals surface area contributed by atoms with Gasteiger partial charge in [0.15, 0.2) is 6.10 Å². The molecule has 0 amide bonds. The van der Waals surface area contributed by atoms with Gasteiger partial charge in [-0.05, 0) is 17.7 Å². The third kappa shape index (κ3) is 7.25. The molecule has 27 heavy (non-hydrogen) atoms. The van der Waals surface area contributed by atoms with Crippen molar-refractivity contribution in [2.24, 2.45) is 0 Å². The van der Waals surface area contributed by atoms with E-state index in [1.54, 1.807) is 39.3 Å². The number of phenolic OH excluding ortho intramolecular Hbond substituents is 1. The Morgan fingerprint density at radius 2 is 1.44 bits per heavy atom. The molecular weight excluding hydrogens is 356 g/mol. The fraction of sp³-hybridized carbons (Fsp3) is 0.263. The van der Waals surface area contributed by atoms with Crippen LogP contribution in [0.1, 0.15) is 25.0 Å². The van der Waals surface area contributed by atoms with E-state index >= 15 is 0 Å². The molecule has 0 bridgehead atoms. The zero-order chi connectivity index (χ0) is 20.4. The van der Waals surface area contributed by atoms with Crippen molar-refractivity contribution in [3.63, 3.8) is 0 Å². The van der Waals surface area contributed by atoms with Crippen LogP contribution in [0.4, 0.5) is 0 Å². The van der Waals surface area contributed by atoms with Gasteiger partial charge in [-0.1, -0.05) is 19.1 Å². The summed E-state index contributed by atoms with van der Waals surface area (Å²) < 4.78 is 15.1. The maximum Gasteiger partial charge on any atom is 0.337 e. The first-order valence-electron chi connectivity index (χ1n) is 7.94. The molecule has 1 unspecified atom stereocenters. The Bertz CT molecular complexity index is 733. The van der Waals surface area contributed by atoms with Crippen LogP contribution >= 0.6 is 0 Å². The quantitative estimate of drug-likeness (QED) is 0.518. The maximum atomic E-state index is 11.1. The summed E-state index contributed by atoms with van der Waals surface area (Å²) in [7, 11) is 3.08. The summed E-state index contributed by atoms with van der Waals surface area (Å²) in [5, 5.41) is 26.2. The standard InChI is InChI=1S/C11H14O4.C8H8O4/c1-4-11(12)15-10-6-8(13-2)5-9(7-10)14-3;9-6-3-1-5(2-4-6)7(10)8(11)12/h5-7H,4H2,1-3H3;1-4,7,9-10H,(H,11,12). The molecule has 0 heterocycles. The average Bonchev–Trinajstić information content (AvgIpc) is 2.67. The number of aliphatic hydroxyl groups excluding tert-OH is 1. The summed E-state index contributed by atoms with van der Waals surface area (Å²) in [4.78, 5) is 21.3. The lowest BCUT2D eigenvalue weighted by atomic mass is 10.1. The third-order valence-corrected chi connectivity index (χ3v) is 3.29. The van der Waals surface area contributed by atoms with Gasteiger partial charge in [-0.3, -0.25) is 4.79 Å². The monoisotopic (exact) mass is 378 g/mol. The molecule has 0 spiro atoms. The van der Waals surface area contributed by atoms with Crippen LogP contribution in [0.25, 0.3) is 0 Å². The van der Waals surface area contributed by atoms with Gasteiger partial charge >= 0.3 is 11.9 Å². The molecule has 146 valence electrons. The highest BCUT2D eigenvalue weighted by atomic mass is 16.5. The summed E-state index contributed by atoms with van der Waals surface area (Å²) in [6, 6.07) is 10.3. The number of esters is 1. The van der Waals surface area contributed by atoms with E-state index in [-0.39, 0.29) is 17.3 Å². The SMILES string of the molecule is CCC(=O)Oc1cc(OC)cc(OC)c1.O=C(O)C(O)c1ccc(O)cc1. The number of benzene rings is 2. The van der Waals surface area contributed by atoms with Crippen molar-refractivity contribution >= 4 is 11.9 Å². The predicted molar refractivity (Wildman–Crippen MR) is 96.2 cm³/mol. The van der Waals surface area contributed by atoms with Crippen molar-refractivity contribution in [3.05, 3.63) is 48.0 Å². The van der Waals surface area contributed by atoms with Crippen LogP contribution in [0.2, 0.25) is 0 Å². The molecule has 0 aliphatic heterocycles. The molecule has 2 aromatic carbocycles. The maximum absolute atomic E-state index is 11.1. The van der Waals surface area contributed by atoms with Gasteiger partial charge in [0.25, 0.3) is 0 Å². The van der Waals surface area contributed by atoms with Crippen LogP contribution < -0.4 is 14.2 Å². The van der Waals surface area contributed by atoms with Crippen molar-refractivity contribution in [3.8, 4) is 23.0 Å². The fourth-order valence-corrected chi connectivity index (χ4v) is 1.84. The van der Waals surface area contributed by atoms with Crippen molar-refractivity contribution in [2.75, 3.05) is 14.2 Å². The smallest absolute Gasteiger partial charge is 0.337 e. The van der Waals surface area contributed by atoms with Gasteiger partial charge in [-0.15, -0.1) is 0 Å². The Hall–Kier alpha value is -3.26. The number of carboxylic acids is 1. The molecule has 3 N–H and O–H groups in total. The molecule has 0 saturated heterocycles. The molecule has 0 aliphatic rings. The number of carbonyl (C=O) groups is 2. The van der Waals surface area contributed by atoms with Crippen LogP contribution in [-0.4, -0.2) is 41.5 Å². The zero-order valence-corrected chi connectivity index (χ0v) is 15.2. The molecule has 0 radical (unpaired) electrons. The molecule has 8 heteroatoms. The first kappa shape index (κ1) is 21.8. The zero-order valence-electron chi connectivity index (χ0n) is 15.2. The Morgan fingerprint density at radius 1 is 0.963 bits per heavy atom. The van der Waals surface area contributed by atoms with E-state index in [1.165, 1.54) is 24.3 Å². The number of ether oxygens (including phenoxy) is 3. The summed E-state index contributed by atoms with van der Waals surface area (Å²) in [6.07, 6.45) is -1.19. The summed E-state index contributed by atoms with van der Waals surface area (Å²) in [5.74, 6) is 0.0573. The Balaban J connectivity index is 0.000000277. The van der Waals surface area contributed by atoms with Gasteiger partial charge < -0.3 is 29.5 Å². The lowest BCUT2D eigenvalue weighted by molar-refractivity contribution is -0.147. The number of aromatic hydroxyl groups is 1. The molecular formula is C19H22O8. The van der Waals surface area contributed by atoms with E-state index in [4.69, 9.17) is 29.5 Å². The summed E-state index contributed by atoms with van der Waals surface area (Å²) >= 11 is 0. The van der Waals surface area contributed by atoms with Crippen molar-refractivity contribution in [1.29, 1.82) is 0 Å². The fourth-order valence-electron chi connectivity index (χ4n) is 1.84. The van der Waals surface area contributed by atoms with Crippen LogP contribution in [-0.2, 0) is 9.59 Å². The van der Waals surface area contributed by atoms with Crippen LogP contribution in [0.3, 0.4) is 0 Å². The van der Waals surface area contributed by atoms with E-state index in [9.17, 15) is 9.59 Å². The molecule has 0 aromatic heterocycles. The molecule has 0 saturated carbocycles. The van der Waals surface area contributed by atoms with Crippen molar-refractivity contribution < 1.29 is 39.1 Å². The number of methoxy groups -OCH3 is 2. The summed E-state index contributed by atoms with van der Waals surface area (Å²) in [5.41, 5.74) is 0.250. The van der Waals surface area contributed by atoms with E-state index in [0.717, 1.165) is 0 Å². The first-order valence-corrected chi connectivity index (χ1v) is 7.94. The van der Waals surface area contributed by atoms with Crippen LogP contribution in [0.15, 0.2) is 42.5 Å². The minimum Gasteiger partial charge on any atom is -0.508 e.